The lowest BCUT2D eigenvalue weighted by Gasteiger charge is -2.14. The van der Waals surface area contributed by atoms with Crippen molar-refractivity contribution in [3.8, 4) is 11.3 Å². The maximum Gasteiger partial charge on any atom is 0.166 e. The third kappa shape index (κ3) is 3.71. The second kappa shape index (κ2) is 8.12. The first-order valence-electron chi connectivity index (χ1n) is 9.95. The minimum Gasteiger partial charge on any atom is -0.364 e. The van der Waals surface area contributed by atoms with Gasteiger partial charge in [-0.2, -0.15) is 0 Å². The molecular weight excluding hydrogens is 394 g/mol. The van der Waals surface area contributed by atoms with Crippen LogP contribution in [0.25, 0.3) is 11.3 Å². The van der Waals surface area contributed by atoms with Gasteiger partial charge in [-0.25, -0.2) is 9.97 Å². The standard InChI is InChI=1S/C23H21N5OS/c29-19-8-4-7-18-21(19)23(27-16-5-2-1-3-6-16)22(28-18)15-9-10-24-20(11-15)25-12-17-13-30-14-26-17/h1-3,5-6,9-11,13-14,27-28H,4,7-8,12H2,(H,24,25). The molecule has 7 heteroatoms. The number of aromatic amines is 1. The van der Waals surface area contributed by atoms with Gasteiger partial charge in [0.25, 0.3) is 0 Å². The van der Waals surface area contributed by atoms with Crippen LogP contribution in [0.15, 0.2) is 59.6 Å². The minimum atomic E-state index is 0.188. The maximum absolute atomic E-state index is 12.8. The Balaban J connectivity index is 1.52. The third-order valence-corrected chi connectivity index (χ3v) is 5.85. The minimum absolute atomic E-state index is 0.188. The summed E-state index contributed by atoms with van der Waals surface area (Å²) < 4.78 is 0. The molecule has 6 nitrogen and oxygen atoms in total. The van der Waals surface area contributed by atoms with Crippen LogP contribution in [0.3, 0.4) is 0 Å². The number of hydrogen-bond donors (Lipinski definition) is 3. The topological polar surface area (TPSA) is 82.7 Å². The van der Waals surface area contributed by atoms with Crippen LogP contribution in [0.1, 0.15) is 34.6 Å². The van der Waals surface area contributed by atoms with E-state index < -0.39 is 0 Å². The van der Waals surface area contributed by atoms with Gasteiger partial charge in [0.05, 0.1) is 34.7 Å². The van der Waals surface area contributed by atoms with Gasteiger partial charge in [0.15, 0.2) is 5.78 Å². The average molecular weight is 416 g/mol. The number of anilines is 3. The number of aryl methyl sites for hydroxylation is 1. The van der Waals surface area contributed by atoms with E-state index in [1.807, 2.05) is 53.4 Å². The molecule has 0 bridgehead atoms. The molecule has 3 aromatic heterocycles. The summed E-state index contributed by atoms with van der Waals surface area (Å²) in [5, 5.41) is 8.83. The third-order valence-electron chi connectivity index (χ3n) is 5.21. The lowest BCUT2D eigenvalue weighted by molar-refractivity contribution is 0.0973. The van der Waals surface area contributed by atoms with E-state index >= 15 is 0 Å². The Bertz CT molecular complexity index is 1170. The Morgan fingerprint density at radius 3 is 2.83 bits per heavy atom. The number of nitrogens with one attached hydrogen (secondary N) is 3. The Morgan fingerprint density at radius 2 is 2.00 bits per heavy atom. The Kier molecular flexibility index (Phi) is 5.03. The molecule has 0 spiro atoms. The lowest BCUT2D eigenvalue weighted by atomic mass is 9.95. The highest BCUT2D eigenvalue weighted by Gasteiger charge is 2.27. The summed E-state index contributed by atoms with van der Waals surface area (Å²) in [4.78, 5) is 25.0. The molecule has 1 aliphatic carbocycles. The monoisotopic (exact) mass is 415 g/mol. The van der Waals surface area contributed by atoms with Crippen molar-refractivity contribution in [1.82, 2.24) is 15.0 Å². The molecule has 0 atom stereocenters. The van der Waals surface area contributed by atoms with Gasteiger partial charge in [-0.05, 0) is 37.1 Å². The van der Waals surface area contributed by atoms with Gasteiger partial charge in [0, 0.05) is 34.9 Å². The van der Waals surface area contributed by atoms with Crippen LogP contribution in [-0.2, 0) is 13.0 Å². The summed E-state index contributed by atoms with van der Waals surface area (Å²) in [7, 11) is 0. The average Bonchev–Trinajstić information content (AvgIpc) is 3.42. The molecular formula is C23H21N5OS. The molecule has 1 aromatic carbocycles. The highest BCUT2D eigenvalue weighted by Crippen LogP contribution is 2.39. The molecule has 0 radical (unpaired) electrons. The van der Waals surface area contributed by atoms with Gasteiger partial charge in [0.2, 0.25) is 0 Å². The number of fused-ring (bicyclic) bond motifs is 1. The van der Waals surface area contributed by atoms with Crippen molar-refractivity contribution in [2.45, 2.75) is 25.8 Å². The number of H-pyrrole nitrogens is 1. The first-order chi connectivity index (χ1) is 14.8. The second-order valence-electron chi connectivity index (χ2n) is 7.26. The molecule has 3 heterocycles. The zero-order valence-corrected chi connectivity index (χ0v) is 17.1. The fourth-order valence-corrected chi connectivity index (χ4v) is 4.35. The molecule has 0 fully saturated rings. The van der Waals surface area contributed by atoms with Gasteiger partial charge >= 0.3 is 0 Å². The number of hydrogen-bond acceptors (Lipinski definition) is 6. The normalized spacial score (nSPS) is 13.1. The van der Waals surface area contributed by atoms with E-state index in [-0.39, 0.29) is 5.78 Å². The van der Waals surface area contributed by atoms with E-state index in [9.17, 15) is 4.79 Å². The molecule has 0 saturated heterocycles. The Labute approximate surface area is 178 Å². The van der Waals surface area contributed by atoms with Crippen molar-refractivity contribution >= 4 is 34.3 Å². The number of carbonyl (C=O) groups is 1. The van der Waals surface area contributed by atoms with Crippen molar-refractivity contribution in [2.75, 3.05) is 10.6 Å². The molecule has 3 N–H and O–H groups in total. The Morgan fingerprint density at radius 1 is 1.10 bits per heavy atom. The molecule has 5 rings (SSSR count). The SMILES string of the molecule is O=C1CCCc2[nH]c(-c3ccnc(NCc4cscn4)c3)c(Nc3ccccc3)c21. The van der Waals surface area contributed by atoms with Crippen LogP contribution in [0.4, 0.5) is 17.2 Å². The number of pyridine rings is 1. The summed E-state index contributed by atoms with van der Waals surface area (Å²) in [6.07, 6.45) is 4.13. The number of thiazole rings is 1. The van der Waals surface area contributed by atoms with Gasteiger partial charge in [0.1, 0.15) is 5.82 Å². The quantitative estimate of drug-likeness (QED) is 0.392. The second-order valence-corrected chi connectivity index (χ2v) is 7.98. The lowest BCUT2D eigenvalue weighted by Crippen LogP contribution is -2.10. The molecule has 1 aliphatic rings. The van der Waals surface area contributed by atoms with E-state index in [0.717, 1.165) is 58.2 Å². The Hall–Kier alpha value is -3.45. The van der Waals surface area contributed by atoms with E-state index in [1.165, 1.54) is 0 Å². The van der Waals surface area contributed by atoms with E-state index in [4.69, 9.17) is 0 Å². The smallest absolute Gasteiger partial charge is 0.166 e. The number of ketones is 1. The molecule has 150 valence electrons. The highest BCUT2D eigenvalue weighted by molar-refractivity contribution is 7.07. The molecule has 30 heavy (non-hydrogen) atoms. The maximum atomic E-state index is 12.8. The number of carbonyl (C=O) groups excluding carboxylic acids is 1. The van der Waals surface area contributed by atoms with Crippen molar-refractivity contribution in [1.29, 1.82) is 0 Å². The molecule has 0 aliphatic heterocycles. The van der Waals surface area contributed by atoms with Gasteiger partial charge in [-0.1, -0.05) is 18.2 Å². The molecule has 0 saturated carbocycles. The number of aromatic nitrogens is 3. The van der Waals surface area contributed by atoms with Crippen molar-refractivity contribution < 1.29 is 4.79 Å². The number of Topliss-reactive ketones (excluding diaryl/α,β-unsaturated/α-hetero) is 1. The van der Waals surface area contributed by atoms with Crippen LogP contribution in [0, 0.1) is 0 Å². The number of benzene rings is 1. The summed E-state index contributed by atoms with van der Waals surface area (Å²) in [5.74, 6) is 0.957. The van der Waals surface area contributed by atoms with Crippen LogP contribution in [0.2, 0.25) is 0 Å². The zero-order chi connectivity index (χ0) is 20.3. The van der Waals surface area contributed by atoms with Gasteiger partial charge in [-0.15, -0.1) is 11.3 Å². The number of nitrogens with zero attached hydrogens (tertiary/aromatic N) is 2. The van der Waals surface area contributed by atoms with Crippen molar-refractivity contribution in [3.05, 3.63) is 76.5 Å². The number of rotatable bonds is 6. The predicted octanol–water partition coefficient (Wildman–Crippen LogP) is 5.41. The summed E-state index contributed by atoms with van der Waals surface area (Å²) >= 11 is 1.58. The molecule has 0 amide bonds. The van der Waals surface area contributed by atoms with Crippen LogP contribution in [0.5, 0.6) is 0 Å². The molecule has 0 unspecified atom stereocenters. The fourth-order valence-electron chi connectivity index (χ4n) is 3.79. The fraction of sp³-hybridized carbons (Fsp3) is 0.174. The number of para-hydroxylation sites is 1. The molecule has 4 aromatic rings. The largest absolute Gasteiger partial charge is 0.364 e. The summed E-state index contributed by atoms with van der Waals surface area (Å²) in [6.45, 7) is 0.620. The first-order valence-corrected chi connectivity index (χ1v) is 10.9. The van der Waals surface area contributed by atoms with E-state index in [1.54, 1.807) is 17.5 Å². The first kappa shape index (κ1) is 18.6. The van der Waals surface area contributed by atoms with Gasteiger partial charge < -0.3 is 15.6 Å². The van der Waals surface area contributed by atoms with Crippen LogP contribution >= 0.6 is 11.3 Å². The zero-order valence-electron chi connectivity index (χ0n) is 16.3. The van der Waals surface area contributed by atoms with E-state index in [2.05, 4.69) is 25.6 Å². The van der Waals surface area contributed by atoms with Crippen molar-refractivity contribution in [2.24, 2.45) is 0 Å². The van der Waals surface area contributed by atoms with E-state index in [0.29, 0.717) is 13.0 Å². The highest BCUT2D eigenvalue weighted by atomic mass is 32.1. The summed E-state index contributed by atoms with van der Waals surface area (Å²) in [5.41, 5.74) is 8.29. The van der Waals surface area contributed by atoms with Crippen molar-refractivity contribution in [3.63, 3.8) is 0 Å². The van der Waals surface area contributed by atoms with Crippen LogP contribution in [-0.4, -0.2) is 20.7 Å². The summed E-state index contributed by atoms with van der Waals surface area (Å²) in [6, 6.07) is 13.9. The van der Waals surface area contributed by atoms with Gasteiger partial charge in [-0.3, -0.25) is 4.79 Å². The van der Waals surface area contributed by atoms with Crippen LogP contribution < -0.4 is 10.6 Å². The predicted molar refractivity (Wildman–Crippen MR) is 120 cm³/mol.